The van der Waals surface area contributed by atoms with Crippen molar-refractivity contribution in [3.63, 3.8) is 0 Å². The number of hydrogen-bond donors (Lipinski definition) is 2. The number of allylic oxidation sites excluding steroid dienone is 2. The number of esters is 1. The van der Waals surface area contributed by atoms with Crippen molar-refractivity contribution in [1.29, 1.82) is 0 Å². The van der Waals surface area contributed by atoms with Crippen LogP contribution in [0.4, 0.5) is 0 Å². The van der Waals surface area contributed by atoms with Crippen LogP contribution in [0, 0.1) is 0 Å². The molecule has 0 radical (unpaired) electrons. The molecule has 1 rings (SSSR count). The maximum absolute atomic E-state index is 12.1. The van der Waals surface area contributed by atoms with Gasteiger partial charge in [-0.3, -0.25) is 4.79 Å². The number of aromatic nitrogens is 1. The third-order valence-corrected chi connectivity index (χ3v) is 5.04. The number of hydrogen-bond acceptors (Lipinski definition) is 6. The summed E-state index contributed by atoms with van der Waals surface area (Å²) in [5, 5.41) is 11.7. The van der Waals surface area contributed by atoms with Crippen LogP contribution >= 0.6 is 11.3 Å². The molecule has 3 atom stereocenters. The van der Waals surface area contributed by atoms with Crippen molar-refractivity contribution in [3.8, 4) is 0 Å². The smallest absolute Gasteiger partial charge is 0.328 e. The number of aryl methyl sites for hydroxylation is 1. The first kappa shape index (κ1) is 23.0. The van der Waals surface area contributed by atoms with Crippen molar-refractivity contribution < 1.29 is 19.4 Å². The van der Waals surface area contributed by atoms with Gasteiger partial charge in [0.1, 0.15) is 6.10 Å². The van der Waals surface area contributed by atoms with Crippen LogP contribution in [0.3, 0.4) is 0 Å². The quantitative estimate of drug-likeness (QED) is 0.336. The van der Waals surface area contributed by atoms with Crippen molar-refractivity contribution >= 4 is 23.3 Å². The van der Waals surface area contributed by atoms with Crippen LogP contribution in [-0.4, -0.2) is 34.2 Å². The fourth-order valence-corrected chi connectivity index (χ4v) is 3.58. The number of thiazole rings is 1. The van der Waals surface area contributed by atoms with Crippen molar-refractivity contribution in [2.24, 2.45) is 5.73 Å². The molecule has 1 aromatic rings. The number of carboxylic acid groups (broad SMARTS) is 1. The van der Waals surface area contributed by atoms with Crippen LogP contribution in [0.15, 0.2) is 29.2 Å². The van der Waals surface area contributed by atoms with Crippen LogP contribution in [0.25, 0.3) is 0 Å². The minimum atomic E-state index is -0.995. The molecule has 7 heteroatoms. The Morgan fingerprint density at radius 3 is 2.67 bits per heavy atom. The maximum Gasteiger partial charge on any atom is 0.328 e. The van der Waals surface area contributed by atoms with Gasteiger partial charge in [-0.1, -0.05) is 31.6 Å². The molecule has 0 amide bonds. The minimum absolute atomic E-state index is 0.168. The molecular formula is C20H30N2O4S. The zero-order valence-electron chi connectivity index (χ0n) is 16.5. The molecule has 0 bridgehead atoms. The lowest BCUT2D eigenvalue weighted by molar-refractivity contribution is -0.148. The maximum atomic E-state index is 12.1. The van der Waals surface area contributed by atoms with E-state index in [-0.39, 0.29) is 30.5 Å². The Balaban J connectivity index is 2.40. The number of ether oxygens (including phenoxy) is 1. The average Bonchev–Trinajstić information content (AvgIpc) is 3.02. The number of carbonyl (C=O) groups is 2. The molecule has 0 fully saturated rings. The molecule has 0 aliphatic carbocycles. The molecule has 0 aromatic carbocycles. The highest BCUT2D eigenvalue weighted by Gasteiger charge is 2.18. The fraction of sp³-hybridized carbons (Fsp3) is 0.550. The molecule has 0 aliphatic rings. The second-order valence-electron chi connectivity index (χ2n) is 6.84. The lowest BCUT2D eigenvalue weighted by Gasteiger charge is -2.18. The van der Waals surface area contributed by atoms with Crippen LogP contribution < -0.4 is 5.73 Å². The second-order valence-corrected chi connectivity index (χ2v) is 7.78. The van der Waals surface area contributed by atoms with E-state index in [1.807, 2.05) is 13.8 Å². The molecule has 0 spiro atoms. The zero-order chi connectivity index (χ0) is 20.4. The van der Waals surface area contributed by atoms with E-state index in [0.29, 0.717) is 12.8 Å². The van der Waals surface area contributed by atoms with Crippen LogP contribution in [-0.2, 0) is 20.7 Å². The third-order valence-electron chi connectivity index (χ3n) is 4.02. The Morgan fingerprint density at radius 1 is 1.37 bits per heavy atom. The molecular weight excluding hydrogens is 364 g/mol. The Hall–Kier alpha value is -1.99. The Morgan fingerprint density at radius 2 is 2.07 bits per heavy atom. The van der Waals surface area contributed by atoms with Gasteiger partial charge < -0.3 is 15.6 Å². The highest BCUT2D eigenvalue weighted by molar-refractivity contribution is 7.09. The molecule has 0 aliphatic heterocycles. The van der Waals surface area contributed by atoms with E-state index in [2.05, 4.69) is 24.2 Å². The van der Waals surface area contributed by atoms with E-state index in [0.717, 1.165) is 28.8 Å². The second kappa shape index (κ2) is 11.7. The lowest BCUT2D eigenvalue weighted by atomic mass is 9.98. The number of nitrogens with zero attached hydrogens (tertiary/aromatic N) is 1. The highest BCUT2D eigenvalue weighted by atomic mass is 32.1. The summed E-state index contributed by atoms with van der Waals surface area (Å²) in [5.74, 6) is -1.11. The summed E-state index contributed by atoms with van der Waals surface area (Å²) in [6.45, 7) is 7.82. The SMILES string of the molecule is CCc1nc(C(C)CC(N)CC(=O)OC(C)C/C(C)=C/C=C\C(=O)O)cs1. The summed E-state index contributed by atoms with van der Waals surface area (Å²) in [7, 11) is 0. The van der Waals surface area contributed by atoms with Gasteiger partial charge in [-0.25, -0.2) is 9.78 Å². The van der Waals surface area contributed by atoms with Gasteiger partial charge in [-0.2, -0.15) is 0 Å². The number of aliphatic carboxylic acids is 1. The van der Waals surface area contributed by atoms with Gasteiger partial charge >= 0.3 is 11.9 Å². The van der Waals surface area contributed by atoms with Gasteiger partial charge in [0.05, 0.1) is 17.1 Å². The molecule has 1 aromatic heterocycles. The lowest BCUT2D eigenvalue weighted by Crippen LogP contribution is -2.28. The van der Waals surface area contributed by atoms with E-state index in [1.165, 1.54) is 6.08 Å². The summed E-state index contributed by atoms with van der Waals surface area (Å²) in [5.41, 5.74) is 8.09. The Labute approximate surface area is 165 Å². The first-order valence-corrected chi connectivity index (χ1v) is 10.0. The fourth-order valence-electron chi connectivity index (χ4n) is 2.72. The van der Waals surface area contributed by atoms with Crippen molar-refractivity contribution in [2.75, 3.05) is 0 Å². The first-order valence-electron chi connectivity index (χ1n) is 9.17. The number of carboxylic acids is 1. The normalized spacial score (nSPS) is 15.5. The largest absolute Gasteiger partial charge is 0.478 e. The van der Waals surface area contributed by atoms with Gasteiger partial charge in [0, 0.05) is 29.8 Å². The van der Waals surface area contributed by atoms with Crippen LogP contribution in [0.2, 0.25) is 0 Å². The summed E-state index contributed by atoms with van der Waals surface area (Å²) < 4.78 is 5.41. The summed E-state index contributed by atoms with van der Waals surface area (Å²) in [6.07, 6.45) is 6.24. The Kier molecular flexibility index (Phi) is 9.96. The topological polar surface area (TPSA) is 103 Å². The van der Waals surface area contributed by atoms with Gasteiger partial charge in [-0.05, 0) is 26.7 Å². The molecule has 1 heterocycles. The average molecular weight is 395 g/mol. The molecule has 0 saturated heterocycles. The minimum Gasteiger partial charge on any atom is -0.478 e. The third kappa shape index (κ3) is 9.49. The predicted octanol–water partition coefficient (Wildman–Crippen LogP) is 3.83. The van der Waals surface area contributed by atoms with Gasteiger partial charge in [0.2, 0.25) is 0 Å². The van der Waals surface area contributed by atoms with E-state index in [1.54, 1.807) is 17.4 Å². The Bertz CT molecular complexity index is 681. The van der Waals surface area contributed by atoms with Gasteiger partial charge in [-0.15, -0.1) is 11.3 Å². The summed E-state index contributed by atoms with van der Waals surface area (Å²) in [6, 6.07) is -0.276. The van der Waals surface area contributed by atoms with Gasteiger partial charge in [0.15, 0.2) is 0 Å². The van der Waals surface area contributed by atoms with E-state index in [9.17, 15) is 9.59 Å². The van der Waals surface area contributed by atoms with Crippen molar-refractivity contribution in [2.45, 2.75) is 71.4 Å². The van der Waals surface area contributed by atoms with E-state index < -0.39 is 5.97 Å². The standard InChI is InChI=1S/C20H30N2O4S/c1-5-18-22-17(12-27-18)14(3)10-16(21)11-20(25)26-15(4)9-13(2)7-6-8-19(23)24/h6-8,12,14-16H,5,9-11,21H2,1-4H3,(H,23,24)/b8-6-,13-7+. The molecule has 3 unspecified atom stereocenters. The number of carbonyl (C=O) groups excluding carboxylic acids is 1. The molecule has 3 N–H and O–H groups in total. The molecule has 6 nitrogen and oxygen atoms in total. The van der Waals surface area contributed by atoms with E-state index in [4.69, 9.17) is 15.6 Å². The summed E-state index contributed by atoms with van der Waals surface area (Å²) >= 11 is 1.65. The highest BCUT2D eigenvalue weighted by Crippen LogP contribution is 2.23. The monoisotopic (exact) mass is 394 g/mol. The van der Waals surface area contributed by atoms with Crippen molar-refractivity contribution in [3.05, 3.63) is 39.9 Å². The number of nitrogens with two attached hydrogens (primary N) is 1. The van der Waals surface area contributed by atoms with E-state index >= 15 is 0 Å². The predicted molar refractivity (Wildman–Crippen MR) is 108 cm³/mol. The van der Waals surface area contributed by atoms with Crippen LogP contribution in [0.5, 0.6) is 0 Å². The number of rotatable bonds is 11. The van der Waals surface area contributed by atoms with Crippen LogP contribution in [0.1, 0.15) is 63.6 Å². The molecule has 0 saturated carbocycles. The zero-order valence-corrected chi connectivity index (χ0v) is 17.3. The molecule has 27 heavy (non-hydrogen) atoms. The molecule has 150 valence electrons. The summed E-state index contributed by atoms with van der Waals surface area (Å²) in [4.78, 5) is 27.1. The first-order chi connectivity index (χ1) is 12.7. The van der Waals surface area contributed by atoms with Gasteiger partial charge in [0.25, 0.3) is 0 Å². The van der Waals surface area contributed by atoms with Crippen molar-refractivity contribution in [1.82, 2.24) is 4.98 Å².